The van der Waals surface area contributed by atoms with Gasteiger partial charge in [0.1, 0.15) is 0 Å². The molecule has 0 radical (unpaired) electrons. The number of amides is 1. The minimum absolute atomic E-state index is 0.129. The monoisotopic (exact) mass is 311 g/mol. The van der Waals surface area contributed by atoms with E-state index in [1.165, 1.54) is 26.7 Å². The third kappa shape index (κ3) is 2.57. The first-order valence-corrected chi connectivity index (χ1v) is 8.04. The number of carbonyl (C=O) groups excluding carboxylic acids is 1. The molecule has 3 rings (SSSR count). The summed E-state index contributed by atoms with van der Waals surface area (Å²) >= 11 is 1.48. The normalized spacial score (nSPS) is 28.5. The standard InChI is InChI=1S/C15H18FNO3S/c1-9-2-3-11-10(6-9)7-12(21-11)13(18)17-5-4-15(16,8-17)14(19)20/h7,9H,2-6,8H2,1H3,(H,19,20). The second kappa shape index (κ2) is 5.09. The molecule has 6 heteroatoms. The summed E-state index contributed by atoms with van der Waals surface area (Å²) in [5.41, 5.74) is -1.06. The van der Waals surface area contributed by atoms with Gasteiger partial charge >= 0.3 is 5.97 Å². The van der Waals surface area contributed by atoms with Crippen LogP contribution in [0.3, 0.4) is 0 Å². The van der Waals surface area contributed by atoms with E-state index in [1.807, 2.05) is 6.07 Å². The average Bonchev–Trinajstić information content (AvgIpc) is 3.02. The summed E-state index contributed by atoms with van der Waals surface area (Å²) in [7, 11) is 0. The molecule has 1 aromatic rings. The molecule has 2 aliphatic rings. The zero-order valence-corrected chi connectivity index (χ0v) is 12.7. The van der Waals surface area contributed by atoms with E-state index < -0.39 is 11.6 Å². The second-order valence-corrected chi connectivity index (χ2v) is 7.29. The Hall–Kier alpha value is -1.43. The summed E-state index contributed by atoms with van der Waals surface area (Å²) < 4.78 is 14.0. The number of alkyl halides is 1. The van der Waals surface area contributed by atoms with Crippen LogP contribution in [-0.2, 0) is 17.6 Å². The van der Waals surface area contributed by atoms with Crippen LogP contribution in [0.4, 0.5) is 4.39 Å². The molecule has 1 aliphatic heterocycles. The van der Waals surface area contributed by atoms with Gasteiger partial charge in [-0.15, -0.1) is 11.3 Å². The van der Waals surface area contributed by atoms with Crippen LogP contribution < -0.4 is 0 Å². The SMILES string of the molecule is CC1CCc2sc(C(=O)N3CCC(F)(C(=O)O)C3)cc2C1. The van der Waals surface area contributed by atoms with Crippen LogP contribution in [0.25, 0.3) is 0 Å². The highest BCUT2D eigenvalue weighted by Gasteiger charge is 2.47. The summed E-state index contributed by atoms with van der Waals surface area (Å²) in [4.78, 5) is 26.5. The van der Waals surface area contributed by atoms with Crippen molar-refractivity contribution in [2.75, 3.05) is 13.1 Å². The number of carboxylic acids is 1. The molecule has 114 valence electrons. The number of thiophene rings is 1. The largest absolute Gasteiger partial charge is 0.479 e. The van der Waals surface area contributed by atoms with E-state index in [1.54, 1.807) is 0 Å². The van der Waals surface area contributed by atoms with Gasteiger partial charge in [-0.05, 0) is 36.8 Å². The molecule has 2 unspecified atom stereocenters. The number of aryl methyl sites for hydroxylation is 1. The Bertz CT molecular complexity index is 600. The highest BCUT2D eigenvalue weighted by molar-refractivity contribution is 7.14. The van der Waals surface area contributed by atoms with Gasteiger partial charge in [0.25, 0.3) is 5.91 Å². The number of halogens is 1. The average molecular weight is 311 g/mol. The molecular weight excluding hydrogens is 293 g/mol. The van der Waals surface area contributed by atoms with E-state index in [2.05, 4.69) is 6.92 Å². The van der Waals surface area contributed by atoms with Crippen molar-refractivity contribution in [3.8, 4) is 0 Å². The number of rotatable bonds is 2. The third-order valence-corrected chi connectivity index (χ3v) is 5.66. The maximum Gasteiger partial charge on any atom is 0.343 e. The summed E-state index contributed by atoms with van der Waals surface area (Å²) in [6.07, 6.45) is 2.99. The van der Waals surface area contributed by atoms with Crippen molar-refractivity contribution in [3.63, 3.8) is 0 Å². The van der Waals surface area contributed by atoms with Crippen LogP contribution in [0, 0.1) is 5.92 Å². The van der Waals surface area contributed by atoms with Crippen molar-refractivity contribution in [3.05, 3.63) is 21.4 Å². The molecule has 1 N–H and O–H groups in total. The number of hydrogen-bond acceptors (Lipinski definition) is 3. The van der Waals surface area contributed by atoms with Crippen molar-refractivity contribution in [1.82, 2.24) is 4.90 Å². The van der Waals surface area contributed by atoms with Crippen molar-refractivity contribution in [1.29, 1.82) is 0 Å². The molecule has 0 bridgehead atoms. The highest BCUT2D eigenvalue weighted by atomic mass is 32.1. The van der Waals surface area contributed by atoms with Crippen LogP contribution in [-0.4, -0.2) is 40.6 Å². The molecule has 2 atom stereocenters. The van der Waals surface area contributed by atoms with Gasteiger partial charge in [-0.1, -0.05) is 6.92 Å². The third-order valence-electron chi connectivity index (χ3n) is 4.43. The fourth-order valence-corrected chi connectivity index (χ4v) is 4.26. The fraction of sp³-hybridized carbons (Fsp3) is 0.600. The van der Waals surface area contributed by atoms with E-state index in [4.69, 9.17) is 5.11 Å². The summed E-state index contributed by atoms with van der Waals surface area (Å²) in [6.45, 7) is 2.02. The zero-order valence-electron chi connectivity index (χ0n) is 11.9. The Morgan fingerprint density at radius 1 is 1.52 bits per heavy atom. The van der Waals surface area contributed by atoms with Gasteiger partial charge in [0.15, 0.2) is 0 Å². The number of carbonyl (C=O) groups is 2. The molecular formula is C15H18FNO3S. The molecule has 2 heterocycles. The molecule has 21 heavy (non-hydrogen) atoms. The zero-order chi connectivity index (χ0) is 15.2. The van der Waals surface area contributed by atoms with E-state index in [9.17, 15) is 14.0 Å². The van der Waals surface area contributed by atoms with Crippen LogP contribution in [0.2, 0.25) is 0 Å². The molecule has 0 aromatic carbocycles. The maximum atomic E-state index is 14.0. The first kappa shape index (κ1) is 14.5. The predicted molar refractivity (Wildman–Crippen MR) is 77.5 cm³/mol. The van der Waals surface area contributed by atoms with Crippen LogP contribution in [0.15, 0.2) is 6.07 Å². The van der Waals surface area contributed by atoms with Crippen molar-refractivity contribution < 1.29 is 19.1 Å². The fourth-order valence-electron chi connectivity index (χ4n) is 3.09. The van der Waals surface area contributed by atoms with Gasteiger partial charge in [0.05, 0.1) is 11.4 Å². The lowest BCUT2D eigenvalue weighted by atomic mass is 9.90. The van der Waals surface area contributed by atoms with Gasteiger partial charge in [-0.25, -0.2) is 9.18 Å². The first-order chi connectivity index (χ1) is 9.89. The van der Waals surface area contributed by atoms with Gasteiger partial charge in [0.2, 0.25) is 5.67 Å². The molecule has 1 fully saturated rings. The van der Waals surface area contributed by atoms with E-state index >= 15 is 0 Å². The van der Waals surface area contributed by atoms with E-state index in [0.29, 0.717) is 10.8 Å². The Balaban J connectivity index is 1.76. The number of aliphatic carboxylic acids is 1. The molecule has 1 saturated heterocycles. The molecule has 1 amide bonds. The lowest BCUT2D eigenvalue weighted by molar-refractivity contribution is -0.149. The number of carboxylic acid groups (broad SMARTS) is 1. The topological polar surface area (TPSA) is 57.6 Å². The van der Waals surface area contributed by atoms with Gasteiger partial charge in [-0.3, -0.25) is 4.79 Å². The molecule has 1 aromatic heterocycles. The molecule has 0 spiro atoms. The van der Waals surface area contributed by atoms with Crippen molar-refractivity contribution in [2.24, 2.45) is 5.92 Å². The van der Waals surface area contributed by atoms with Crippen LogP contribution in [0.5, 0.6) is 0 Å². The summed E-state index contributed by atoms with van der Waals surface area (Å²) in [5.74, 6) is -1.08. The lowest BCUT2D eigenvalue weighted by Crippen LogP contribution is -2.38. The minimum Gasteiger partial charge on any atom is -0.479 e. The Morgan fingerprint density at radius 2 is 2.29 bits per heavy atom. The highest BCUT2D eigenvalue weighted by Crippen LogP contribution is 2.34. The predicted octanol–water partition coefficient (Wildman–Crippen LogP) is 2.51. The van der Waals surface area contributed by atoms with Crippen molar-refractivity contribution >= 4 is 23.2 Å². The van der Waals surface area contributed by atoms with E-state index in [-0.39, 0.29) is 25.4 Å². The van der Waals surface area contributed by atoms with Gasteiger partial charge in [-0.2, -0.15) is 0 Å². The van der Waals surface area contributed by atoms with Gasteiger partial charge < -0.3 is 10.0 Å². The summed E-state index contributed by atoms with van der Waals surface area (Å²) in [6, 6.07) is 1.91. The van der Waals surface area contributed by atoms with Crippen LogP contribution in [0.1, 0.15) is 39.9 Å². The molecule has 1 aliphatic carbocycles. The second-order valence-electron chi connectivity index (χ2n) is 6.15. The lowest BCUT2D eigenvalue weighted by Gasteiger charge is -2.16. The Morgan fingerprint density at radius 3 is 2.95 bits per heavy atom. The maximum absolute atomic E-state index is 14.0. The molecule has 4 nitrogen and oxygen atoms in total. The Kier molecular flexibility index (Phi) is 3.51. The number of hydrogen-bond donors (Lipinski definition) is 1. The van der Waals surface area contributed by atoms with E-state index in [0.717, 1.165) is 19.3 Å². The van der Waals surface area contributed by atoms with Crippen molar-refractivity contribution in [2.45, 2.75) is 38.3 Å². The molecule has 0 saturated carbocycles. The number of likely N-dealkylation sites (tertiary alicyclic amines) is 1. The Labute approximate surface area is 126 Å². The number of nitrogens with zero attached hydrogens (tertiary/aromatic N) is 1. The summed E-state index contributed by atoms with van der Waals surface area (Å²) in [5, 5.41) is 8.89. The van der Waals surface area contributed by atoms with Crippen LogP contribution >= 0.6 is 11.3 Å². The minimum atomic E-state index is -2.29. The smallest absolute Gasteiger partial charge is 0.343 e. The van der Waals surface area contributed by atoms with Gasteiger partial charge in [0, 0.05) is 17.8 Å². The quantitative estimate of drug-likeness (QED) is 0.913. The first-order valence-electron chi connectivity index (χ1n) is 7.22. The number of fused-ring (bicyclic) bond motifs is 1.